The third-order valence-electron chi connectivity index (χ3n) is 3.54. The summed E-state index contributed by atoms with van der Waals surface area (Å²) in [4.78, 5) is 15.9. The third-order valence-corrected chi connectivity index (χ3v) is 3.54. The van der Waals surface area contributed by atoms with E-state index in [1.54, 1.807) is 12.4 Å². The molecule has 0 fully saturated rings. The maximum Gasteiger partial charge on any atom is 0.247 e. The monoisotopic (exact) mass is 322 g/mol. The number of carbonyl (C=O) groups is 1. The summed E-state index contributed by atoms with van der Waals surface area (Å²) in [5.41, 5.74) is 3.01. The van der Waals surface area contributed by atoms with Gasteiger partial charge in [0.2, 0.25) is 17.7 Å². The van der Waals surface area contributed by atoms with Crippen LogP contribution in [0.4, 0.5) is 0 Å². The number of nitrogens with one attached hydrogen (secondary N) is 1. The van der Waals surface area contributed by atoms with Crippen LogP contribution in [0.2, 0.25) is 0 Å². The van der Waals surface area contributed by atoms with Crippen LogP contribution in [-0.2, 0) is 17.8 Å². The average molecular weight is 322 g/mol. The fourth-order valence-electron chi connectivity index (χ4n) is 2.18. The second-order valence-electron chi connectivity index (χ2n) is 5.50. The molecule has 0 saturated carbocycles. The van der Waals surface area contributed by atoms with Crippen LogP contribution < -0.4 is 5.32 Å². The molecule has 3 aromatic rings. The quantitative estimate of drug-likeness (QED) is 0.754. The van der Waals surface area contributed by atoms with Crippen molar-refractivity contribution in [2.24, 2.45) is 0 Å². The first-order chi connectivity index (χ1) is 11.7. The van der Waals surface area contributed by atoms with Crippen molar-refractivity contribution in [3.05, 3.63) is 65.8 Å². The van der Waals surface area contributed by atoms with Crippen molar-refractivity contribution in [1.82, 2.24) is 20.5 Å². The minimum atomic E-state index is -0.0612. The molecule has 0 unspecified atom stereocenters. The smallest absolute Gasteiger partial charge is 0.247 e. The zero-order chi connectivity index (χ0) is 16.8. The van der Waals surface area contributed by atoms with E-state index in [9.17, 15) is 4.79 Å². The highest BCUT2D eigenvalue weighted by Crippen LogP contribution is 2.18. The summed E-state index contributed by atoms with van der Waals surface area (Å²) in [7, 11) is 0. The van der Waals surface area contributed by atoms with Crippen LogP contribution in [0.1, 0.15) is 23.4 Å². The zero-order valence-corrected chi connectivity index (χ0v) is 13.4. The molecule has 0 atom stereocenters. The van der Waals surface area contributed by atoms with E-state index in [0.29, 0.717) is 31.2 Å². The lowest BCUT2D eigenvalue weighted by Gasteiger charge is -2.03. The number of amides is 1. The van der Waals surface area contributed by atoms with Gasteiger partial charge in [0, 0.05) is 37.3 Å². The lowest BCUT2D eigenvalue weighted by molar-refractivity contribution is -0.121. The van der Waals surface area contributed by atoms with Gasteiger partial charge in [0.15, 0.2) is 0 Å². The standard InChI is InChI=1S/C18H18N4O2/c1-13-4-6-15(7-5-13)18-22-21-17(24-18)9-8-16(23)20-12-14-3-2-10-19-11-14/h2-7,10-11H,8-9,12H2,1H3,(H,20,23). The number of aromatic nitrogens is 3. The van der Waals surface area contributed by atoms with Crippen molar-refractivity contribution < 1.29 is 9.21 Å². The van der Waals surface area contributed by atoms with E-state index in [1.165, 1.54) is 5.56 Å². The van der Waals surface area contributed by atoms with Gasteiger partial charge in [-0.15, -0.1) is 10.2 Å². The molecule has 3 rings (SSSR count). The molecule has 0 aliphatic rings. The predicted molar refractivity (Wildman–Crippen MR) is 88.9 cm³/mol. The highest BCUT2D eigenvalue weighted by molar-refractivity contribution is 5.76. The van der Waals surface area contributed by atoms with Gasteiger partial charge in [-0.1, -0.05) is 23.8 Å². The fourth-order valence-corrected chi connectivity index (χ4v) is 2.18. The highest BCUT2D eigenvalue weighted by atomic mass is 16.4. The van der Waals surface area contributed by atoms with Crippen LogP contribution in [0.25, 0.3) is 11.5 Å². The Morgan fingerprint density at radius 1 is 1.17 bits per heavy atom. The van der Waals surface area contributed by atoms with E-state index < -0.39 is 0 Å². The van der Waals surface area contributed by atoms with Crippen LogP contribution in [0.3, 0.4) is 0 Å². The van der Waals surface area contributed by atoms with Crippen LogP contribution in [0.5, 0.6) is 0 Å². The largest absolute Gasteiger partial charge is 0.421 e. The van der Waals surface area contributed by atoms with Gasteiger partial charge in [-0.05, 0) is 30.7 Å². The Morgan fingerprint density at radius 3 is 2.75 bits per heavy atom. The van der Waals surface area contributed by atoms with Gasteiger partial charge in [0.05, 0.1) is 0 Å². The first-order valence-electron chi connectivity index (χ1n) is 7.76. The number of nitrogens with zero attached hydrogens (tertiary/aromatic N) is 3. The van der Waals surface area contributed by atoms with Gasteiger partial charge >= 0.3 is 0 Å². The van der Waals surface area contributed by atoms with Crippen molar-refractivity contribution in [1.29, 1.82) is 0 Å². The molecule has 1 N–H and O–H groups in total. The third kappa shape index (κ3) is 4.25. The molecule has 122 valence electrons. The second kappa shape index (κ2) is 7.50. The summed E-state index contributed by atoms with van der Waals surface area (Å²) < 4.78 is 5.61. The first kappa shape index (κ1) is 15.9. The van der Waals surface area contributed by atoms with Gasteiger partial charge < -0.3 is 9.73 Å². The summed E-state index contributed by atoms with van der Waals surface area (Å²) in [6.07, 6.45) is 4.15. The van der Waals surface area contributed by atoms with E-state index in [0.717, 1.165) is 11.1 Å². The molecule has 0 spiro atoms. The number of hydrogen-bond acceptors (Lipinski definition) is 5. The molecule has 0 aliphatic carbocycles. The molecule has 1 amide bonds. The fraction of sp³-hybridized carbons (Fsp3) is 0.222. The van der Waals surface area contributed by atoms with E-state index in [4.69, 9.17) is 4.42 Å². The summed E-state index contributed by atoms with van der Waals surface area (Å²) in [5, 5.41) is 10.9. The first-order valence-corrected chi connectivity index (χ1v) is 7.76. The molecule has 0 saturated heterocycles. The molecule has 0 radical (unpaired) electrons. The van der Waals surface area contributed by atoms with Crippen molar-refractivity contribution >= 4 is 5.91 Å². The molecule has 24 heavy (non-hydrogen) atoms. The summed E-state index contributed by atoms with van der Waals surface area (Å²) in [6.45, 7) is 2.48. The molecular weight excluding hydrogens is 304 g/mol. The van der Waals surface area contributed by atoms with Crippen LogP contribution in [0, 0.1) is 6.92 Å². The molecule has 2 heterocycles. The van der Waals surface area contributed by atoms with Crippen molar-refractivity contribution in [2.45, 2.75) is 26.3 Å². The molecule has 6 heteroatoms. The highest BCUT2D eigenvalue weighted by Gasteiger charge is 2.10. The van der Waals surface area contributed by atoms with Crippen LogP contribution in [-0.4, -0.2) is 21.1 Å². The molecule has 0 aliphatic heterocycles. The number of benzene rings is 1. The lowest BCUT2D eigenvalue weighted by atomic mass is 10.1. The Morgan fingerprint density at radius 2 is 2.00 bits per heavy atom. The molecule has 0 bridgehead atoms. The maximum absolute atomic E-state index is 11.9. The number of pyridine rings is 1. The Hall–Kier alpha value is -3.02. The zero-order valence-electron chi connectivity index (χ0n) is 13.4. The van der Waals surface area contributed by atoms with Crippen molar-refractivity contribution in [3.63, 3.8) is 0 Å². The number of hydrogen-bond donors (Lipinski definition) is 1. The average Bonchev–Trinajstić information content (AvgIpc) is 3.09. The van der Waals surface area contributed by atoms with Crippen LogP contribution in [0.15, 0.2) is 53.2 Å². The number of aryl methyl sites for hydroxylation is 2. The Balaban J connectivity index is 1.50. The molecule has 6 nitrogen and oxygen atoms in total. The maximum atomic E-state index is 11.9. The molecule has 2 aromatic heterocycles. The lowest BCUT2D eigenvalue weighted by Crippen LogP contribution is -2.23. The van der Waals surface area contributed by atoms with Crippen LogP contribution >= 0.6 is 0 Å². The number of rotatable bonds is 6. The van der Waals surface area contributed by atoms with Gasteiger partial charge in [-0.2, -0.15) is 0 Å². The predicted octanol–water partition coefficient (Wildman–Crippen LogP) is 2.69. The van der Waals surface area contributed by atoms with Gasteiger partial charge in [0.25, 0.3) is 0 Å². The van der Waals surface area contributed by atoms with E-state index in [2.05, 4.69) is 20.5 Å². The minimum Gasteiger partial charge on any atom is -0.421 e. The van der Waals surface area contributed by atoms with E-state index in [1.807, 2.05) is 43.3 Å². The van der Waals surface area contributed by atoms with Gasteiger partial charge in [-0.25, -0.2) is 0 Å². The Bertz CT molecular complexity index is 797. The SMILES string of the molecule is Cc1ccc(-c2nnc(CCC(=O)NCc3cccnc3)o2)cc1. The molecular formula is C18H18N4O2. The van der Waals surface area contributed by atoms with E-state index >= 15 is 0 Å². The minimum absolute atomic E-state index is 0.0612. The number of carbonyl (C=O) groups excluding carboxylic acids is 1. The molecule has 1 aromatic carbocycles. The normalized spacial score (nSPS) is 10.5. The summed E-state index contributed by atoms with van der Waals surface area (Å²) in [5.74, 6) is 0.872. The van der Waals surface area contributed by atoms with Crippen molar-refractivity contribution in [2.75, 3.05) is 0 Å². The Labute approximate surface area is 140 Å². The van der Waals surface area contributed by atoms with Crippen molar-refractivity contribution in [3.8, 4) is 11.5 Å². The van der Waals surface area contributed by atoms with Gasteiger partial charge in [-0.3, -0.25) is 9.78 Å². The van der Waals surface area contributed by atoms with Gasteiger partial charge in [0.1, 0.15) is 0 Å². The second-order valence-corrected chi connectivity index (χ2v) is 5.50. The van der Waals surface area contributed by atoms with E-state index in [-0.39, 0.29) is 5.91 Å². The summed E-state index contributed by atoms with van der Waals surface area (Å²) in [6, 6.07) is 11.6. The topological polar surface area (TPSA) is 80.9 Å². The summed E-state index contributed by atoms with van der Waals surface area (Å²) >= 11 is 0. The Kier molecular flexibility index (Phi) is 4.96.